The smallest absolute Gasteiger partial charge is 0.255 e. The molecule has 1 aromatic heterocycles. The van der Waals surface area contributed by atoms with Crippen molar-refractivity contribution in [3.8, 4) is 0 Å². The van der Waals surface area contributed by atoms with Crippen LogP contribution in [0.5, 0.6) is 0 Å². The molecule has 1 aliphatic rings. The molecule has 166 valence electrons. The number of hydrogen-bond donors (Lipinski definition) is 3. The van der Waals surface area contributed by atoms with Crippen LogP contribution in [0.2, 0.25) is 0 Å². The number of carbonyl (C=O) groups excluding carboxylic acids is 2. The number of ether oxygens (including phenoxy) is 1. The van der Waals surface area contributed by atoms with Crippen LogP contribution in [0.25, 0.3) is 0 Å². The van der Waals surface area contributed by atoms with Crippen LogP contribution in [-0.4, -0.2) is 54.6 Å². The summed E-state index contributed by atoms with van der Waals surface area (Å²) >= 11 is 0. The minimum absolute atomic E-state index is 0.134. The standard InChI is InChI=1S/C22H29N5O4/c1-3-9-23-20(29)16-5-4-6-17(14-16)25-19(28)8-7-18-15(2)24-22(26-21(18)30)27-10-12-31-13-11-27/h4-6,14H,3,7-13H2,1-2H3,(H,23,29)(H,25,28)(H,24,26,30). The van der Waals surface area contributed by atoms with Crippen LogP contribution in [-0.2, 0) is 16.0 Å². The molecule has 9 heteroatoms. The predicted octanol–water partition coefficient (Wildman–Crippen LogP) is 1.63. The van der Waals surface area contributed by atoms with Crippen molar-refractivity contribution in [1.82, 2.24) is 15.3 Å². The molecule has 1 aromatic carbocycles. The van der Waals surface area contributed by atoms with E-state index in [2.05, 4.69) is 20.6 Å². The third-order valence-electron chi connectivity index (χ3n) is 5.07. The van der Waals surface area contributed by atoms with Gasteiger partial charge in [-0.1, -0.05) is 13.0 Å². The molecule has 0 spiro atoms. The first kappa shape index (κ1) is 22.5. The van der Waals surface area contributed by atoms with Crippen molar-refractivity contribution in [1.29, 1.82) is 0 Å². The van der Waals surface area contributed by atoms with E-state index in [0.29, 0.717) is 61.3 Å². The maximum atomic E-state index is 12.6. The molecule has 0 unspecified atom stereocenters. The lowest BCUT2D eigenvalue weighted by Gasteiger charge is -2.27. The largest absolute Gasteiger partial charge is 0.378 e. The van der Waals surface area contributed by atoms with Crippen molar-refractivity contribution in [3.63, 3.8) is 0 Å². The number of morpholine rings is 1. The van der Waals surface area contributed by atoms with Crippen LogP contribution in [0.1, 0.15) is 41.4 Å². The van der Waals surface area contributed by atoms with Crippen molar-refractivity contribution in [2.24, 2.45) is 0 Å². The summed E-state index contributed by atoms with van der Waals surface area (Å²) < 4.78 is 5.33. The van der Waals surface area contributed by atoms with Crippen LogP contribution in [0.15, 0.2) is 29.1 Å². The second kappa shape index (κ2) is 10.7. The highest BCUT2D eigenvalue weighted by Crippen LogP contribution is 2.13. The van der Waals surface area contributed by atoms with Crippen molar-refractivity contribution in [2.75, 3.05) is 43.1 Å². The van der Waals surface area contributed by atoms with E-state index >= 15 is 0 Å². The van der Waals surface area contributed by atoms with Crippen molar-refractivity contribution >= 4 is 23.5 Å². The Morgan fingerprint density at radius 1 is 1.26 bits per heavy atom. The number of anilines is 2. The number of aromatic amines is 1. The maximum Gasteiger partial charge on any atom is 0.255 e. The van der Waals surface area contributed by atoms with Crippen molar-refractivity contribution < 1.29 is 14.3 Å². The molecular formula is C22H29N5O4. The van der Waals surface area contributed by atoms with Gasteiger partial charge >= 0.3 is 0 Å². The topological polar surface area (TPSA) is 116 Å². The van der Waals surface area contributed by atoms with Crippen molar-refractivity contribution in [3.05, 3.63) is 51.4 Å². The Bertz CT molecular complexity index is 982. The van der Waals surface area contributed by atoms with Crippen LogP contribution in [0.4, 0.5) is 11.6 Å². The Hall–Kier alpha value is -3.20. The summed E-state index contributed by atoms with van der Waals surface area (Å²) in [6.45, 7) is 6.93. The Morgan fingerprint density at radius 2 is 2.03 bits per heavy atom. The van der Waals surface area contributed by atoms with Gasteiger partial charge < -0.3 is 20.3 Å². The van der Waals surface area contributed by atoms with Gasteiger partial charge in [-0.15, -0.1) is 0 Å². The summed E-state index contributed by atoms with van der Waals surface area (Å²) in [5, 5.41) is 5.60. The van der Waals surface area contributed by atoms with Gasteiger partial charge in [0.25, 0.3) is 11.5 Å². The average molecular weight is 428 g/mol. The van der Waals surface area contributed by atoms with Crippen LogP contribution in [0, 0.1) is 6.92 Å². The molecule has 0 aliphatic carbocycles. The molecule has 3 N–H and O–H groups in total. The Kier molecular flexibility index (Phi) is 7.77. The van der Waals surface area contributed by atoms with Gasteiger partial charge in [0.05, 0.1) is 13.2 Å². The average Bonchev–Trinajstić information content (AvgIpc) is 2.77. The van der Waals surface area contributed by atoms with E-state index in [9.17, 15) is 14.4 Å². The van der Waals surface area contributed by atoms with E-state index in [4.69, 9.17) is 4.74 Å². The molecule has 0 radical (unpaired) electrons. The predicted molar refractivity (Wildman–Crippen MR) is 119 cm³/mol. The number of aromatic nitrogens is 2. The number of nitrogens with one attached hydrogen (secondary N) is 3. The van der Waals surface area contributed by atoms with Gasteiger partial charge in [0.1, 0.15) is 0 Å². The minimum Gasteiger partial charge on any atom is -0.378 e. The highest BCUT2D eigenvalue weighted by atomic mass is 16.5. The second-order valence-corrected chi connectivity index (χ2v) is 7.44. The molecule has 2 heterocycles. The SMILES string of the molecule is CCCNC(=O)c1cccc(NC(=O)CCc2c(C)nc(N3CCOCC3)[nH]c2=O)c1. The lowest BCUT2D eigenvalue weighted by Crippen LogP contribution is -2.38. The molecule has 2 amide bonds. The molecule has 0 atom stereocenters. The fourth-order valence-electron chi connectivity index (χ4n) is 3.36. The number of hydrogen-bond acceptors (Lipinski definition) is 6. The van der Waals surface area contributed by atoms with E-state index in [1.165, 1.54) is 0 Å². The van der Waals surface area contributed by atoms with Gasteiger partial charge in [0, 0.05) is 48.6 Å². The summed E-state index contributed by atoms with van der Waals surface area (Å²) in [5.41, 5.74) is 1.92. The molecule has 0 bridgehead atoms. The Labute approximate surface area is 181 Å². The van der Waals surface area contributed by atoms with Gasteiger partial charge in [-0.2, -0.15) is 0 Å². The fraction of sp³-hybridized carbons (Fsp3) is 0.455. The first-order valence-corrected chi connectivity index (χ1v) is 10.6. The molecule has 1 aliphatic heterocycles. The summed E-state index contributed by atoms with van der Waals surface area (Å²) in [7, 11) is 0. The van der Waals surface area contributed by atoms with E-state index < -0.39 is 0 Å². The number of H-pyrrole nitrogens is 1. The lowest BCUT2D eigenvalue weighted by molar-refractivity contribution is -0.116. The van der Waals surface area contributed by atoms with Gasteiger partial charge in [-0.05, 0) is 38.0 Å². The summed E-state index contributed by atoms with van der Waals surface area (Å²) in [6.07, 6.45) is 1.26. The molecule has 1 saturated heterocycles. The van der Waals surface area contributed by atoms with E-state index in [0.717, 1.165) is 6.42 Å². The monoisotopic (exact) mass is 427 g/mol. The van der Waals surface area contributed by atoms with Crippen LogP contribution in [0.3, 0.4) is 0 Å². The number of rotatable bonds is 8. The third kappa shape index (κ3) is 6.14. The Balaban J connectivity index is 1.59. The zero-order valence-corrected chi connectivity index (χ0v) is 18.0. The zero-order chi connectivity index (χ0) is 22.2. The van der Waals surface area contributed by atoms with E-state index in [1.807, 2.05) is 11.8 Å². The molecule has 2 aromatic rings. The van der Waals surface area contributed by atoms with Gasteiger partial charge in [0.15, 0.2) is 0 Å². The van der Waals surface area contributed by atoms with Crippen LogP contribution < -0.4 is 21.1 Å². The number of benzene rings is 1. The zero-order valence-electron chi connectivity index (χ0n) is 18.0. The van der Waals surface area contributed by atoms with Gasteiger partial charge in [-0.3, -0.25) is 19.4 Å². The fourth-order valence-corrected chi connectivity index (χ4v) is 3.36. The summed E-state index contributed by atoms with van der Waals surface area (Å²) in [6, 6.07) is 6.79. The number of amides is 2. The summed E-state index contributed by atoms with van der Waals surface area (Å²) in [5.74, 6) is 0.130. The summed E-state index contributed by atoms with van der Waals surface area (Å²) in [4.78, 5) is 46.4. The normalized spacial score (nSPS) is 13.7. The number of aryl methyl sites for hydroxylation is 1. The minimum atomic E-state index is -0.234. The maximum absolute atomic E-state index is 12.6. The molecule has 9 nitrogen and oxygen atoms in total. The molecule has 0 saturated carbocycles. The first-order chi connectivity index (χ1) is 15.0. The Morgan fingerprint density at radius 3 is 2.74 bits per heavy atom. The number of nitrogens with zero attached hydrogens (tertiary/aromatic N) is 2. The van der Waals surface area contributed by atoms with Crippen molar-refractivity contribution in [2.45, 2.75) is 33.1 Å². The van der Waals surface area contributed by atoms with Gasteiger partial charge in [0.2, 0.25) is 11.9 Å². The highest BCUT2D eigenvalue weighted by Gasteiger charge is 2.17. The third-order valence-corrected chi connectivity index (χ3v) is 5.07. The van der Waals surface area contributed by atoms with E-state index in [1.54, 1.807) is 31.2 Å². The molecular weight excluding hydrogens is 398 g/mol. The first-order valence-electron chi connectivity index (χ1n) is 10.6. The van der Waals surface area contributed by atoms with E-state index in [-0.39, 0.29) is 30.2 Å². The van der Waals surface area contributed by atoms with Gasteiger partial charge in [-0.25, -0.2) is 4.98 Å². The quantitative estimate of drug-likeness (QED) is 0.590. The second-order valence-electron chi connectivity index (χ2n) is 7.44. The highest BCUT2D eigenvalue weighted by molar-refractivity contribution is 5.97. The lowest BCUT2D eigenvalue weighted by atomic mass is 10.1. The molecule has 3 rings (SSSR count). The molecule has 31 heavy (non-hydrogen) atoms. The van der Waals surface area contributed by atoms with Crippen LogP contribution >= 0.6 is 0 Å². The number of carbonyl (C=O) groups is 2. The molecule has 1 fully saturated rings.